The smallest absolute Gasteiger partial charge is 0.246 e. The first-order valence-electron chi connectivity index (χ1n) is 8.42. The van der Waals surface area contributed by atoms with Gasteiger partial charge in [0.15, 0.2) is 0 Å². The average molecular weight is 352 g/mol. The van der Waals surface area contributed by atoms with Gasteiger partial charge in [0.25, 0.3) is 0 Å². The zero-order valence-electron chi connectivity index (χ0n) is 14.7. The van der Waals surface area contributed by atoms with Crippen molar-refractivity contribution in [1.82, 2.24) is 30.1 Å². The third-order valence-corrected chi connectivity index (χ3v) is 4.86. The van der Waals surface area contributed by atoms with Crippen molar-refractivity contribution >= 4 is 11.4 Å². The van der Waals surface area contributed by atoms with Gasteiger partial charge < -0.3 is 10.1 Å². The van der Waals surface area contributed by atoms with E-state index in [9.17, 15) is 4.79 Å². The zero-order chi connectivity index (χ0) is 18.3. The monoisotopic (exact) mass is 352 g/mol. The van der Waals surface area contributed by atoms with Gasteiger partial charge in [-0.1, -0.05) is 6.58 Å². The van der Waals surface area contributed by atoms with Crippen LogP contribution in [0.25, 0.3) is 16.8 Å². The number of carbonyl (C=O) groups is 1. The first-order chi connectivity index (χ1) is 12.5. The highest BCUT2D eigenvalue weighted by Gasteiger charge is 2.45. The molecule has 0 spiro atoms. The third kappa shape index (κ3) is 2.73. The Balaban J connectivity index is 1.59. The summed E-state index contributed by atoms with van der Waals surface area (Å²) in [5, 5.41) is 13.7. The summed E-state index contributed by atoms with van der Waals surface area (Å²) in [5.41, 5.74) is 2.58. The molecule has 8 heteroatoms. The van der Waals surface area contributed by atoms with Crippen LogP contribution in [0, 0.1) is 5.92 Å². The Morgan fingerprint density at radius 1 is 1.50 bits per heavy atom. The van der Waals surface area contributed by atoms with E-state index in [-0.39, 0.29) is 11.8 Å². The lowest BCUT2D eigenvalue weighted by atomic mass is 9.68. The Hall–Kier alpha value is -3.16. The molecule has 1 fully saturated rings. The van der Waals surface area contributed by atoms with Gasteiger partial charge in [-0.05, 0) is 31.7 Å². The molecule has 4 rings (SSSR count). The lowest BCUT2D eigenvalue weighted by molar-refractivity contribution is -0.118. The fraction of sp³-hybridized carbons (Fsp3) is 0.333. The molecule has 3 aromatic rings. The number of fused-ring (bicyclic) bond motifs is 1. The van der Waals surface area contributed by atoms with Crippen LogP contribution >= 0.6 is 0 Å². The Morgan fingerprint density at radius 2 is 2.31 bits per heavy atom. The maximum absolute atomic E-state index is 11.7. The molecule has 0 bridgehead atoms. The Morgan fingerprint density at radius 3 is 3.00 bits per heavy atom. The lowest BCUT2D eigenvalue weighted by Crippen LogP contribution is -2.48. The van der Waals surface area contributed by atoms with E-state index < -0.39 is 5.60 Å². The minimum absolute atomic E-state index is 0.115. The molecule has 0 unspecified atom stereocenters. The van der Waals surface area contributed by atoms with Gasteiger partial charge in [-0.2, -0.15) is 10.2 Å². The Bertz CT molecular complexity index is 969. The number of aromatic amines is 1. The predicted molar refractivity (Wildman–Crippen MR) is 95.5 cm³/mol. The van der Waals surface area contributed by atoms with Crippen molar-refractivity contribution in [2.75, 3.05) is 7.05 Å². The Labute approximate surface area is 150 Å². The molecule has 1 aliphatic rings. The predicted octanol–water partition coefficient (Wildman–Crippen LogP) is 1.97. The van der Waals surface area contributed by atoms with Crippen LogP contribution in [0.1, 0.15) is 19.8 Å². The van der Waals surface area contributed by atoms with Gasteiger partial charge in [-0.15, -0.1) is 0 Å². The molecule has 0 aliphatic heterocycles. The van der Waals surface area contributed by atoms with Crippen LogP contribution < -0.4 is 10.1 Å². The summed E-state index contributed by atoms with van der Waals surface area (Å²) in [6, 6.07) is 1.87. The fourth-order valence-electron chi connectivity index (χ4n) is 3.39. The van der Waals surface area contributed by atoms with Crippen molar-refractivity contribution in [3.63, 3.8) is 0 Å². The molecule has 1 aliphatic carbocycles. The molecule has 8 nitrogen and oxygen atoms in total. The molecule has 0 aromatic carbocycles. The van der Waals surface area contributed by atoms with Gasteiger partial charge in [0.05, 0.1) is 24.3 Å². The maximum Gasteiger partial charge on any atom is 0.246 e. The largest absolute Gasteiger partial charge is 0.470 e. The summed E-state index contributed by atoms with van der Waals surface area (Å²) < 4.78 is 8.01. The molecular formula is C18H20N6O2. The summed E-state index contributed by atoms with van der Waals surface area (Å²) in [7, 11) is 1.61. The summed E-state index contributed by atoms with van der Waals surface area (Å²) in [5.74, 6) is 0.529. The van der Waals surface area contributed by atoms with E-state index in [4.69, 9.17) is 4.74 Å². The Kier molecular flexibility index (Phi) is 3.75. The third-order valence-electron chi connectivity index (χ3n) is 4.86. The molecule has 2 N–H and O–H groups in total. The quantitative estimate of drug-likeness (QED) is 0.684. The first kappa shape index (κ1) is 16.3. The lowest BCUT2D eigenvalue weighted by Gasteiger charge is -2.45. The van der Waals surface area contributed by atoms with E-state index in [0.717, 1.165) is 29.6 Å². The number of hydrogen-bond donors (Lipinski definition) is 2. The highest BCUT2D eigenvalue weighted by atomic mass is 16.5. The van der Waals surface area contributed by atoms with Crippen LogP contribution in [0.2, 0.25) is 0 Å². The van der Waals surface area contributed by atoms with Crippen LogP contribution in [0.5, 0.6) is 5.88 Å². The van der Waals surface area contributed by atoms with E-state index in [2.05, 4.69) is 32.2 Å². The molecule has 3 aromatic heterocycles. The van der Waals surface area contributed by atoms with Crippen molar-refractivity contribution in [2.45, 2.75) is 25.4 Å². The van der Waals surface area contributed by atoms with Crippen molar-refractivity contribution in [2.24, 2.45) is 5.92 Å². The second-order valence-corrected chi connectivity index (χ2v) is 6.84. The topological polar surface area (TPSA) is 97.2 Å². The second-order valence-electron chi connectivity index (χ2n) is 6.84. The van der Waals surface area contributed by atoms with Gasteiger partial charge in [0.1, 0.15) is 11.1 Å². The van der Waals surface area contributed by atoms with E-state index in [1.54, 1.807) is 30.2 Å². The standard InChI is InChI=1S/C18H20N6O2/c1-11(16(25)19-3)12-6-18(2,7-12)26-17-15-4-5-22-24(15)10-14(23-17)13-8-20-21-9-13/h4-5,8-10,12H,1,6-7H2,2-3H3,(H,19,25)(H,20,21). The summed E-state index contributed by atoms with van der Waals surface area (Å²) in [6.45, 7) is 5.93. The molecule has 1 amide bonds. The van der Waals surface area contributed by atoms with Gasteiger partial charge >= 0.3 is 0 Å². The van der Waals surface area contributed by atoms with Gasteiger partial charge in [-0.3, -0.25) is 9.89 Å². The van der Waals surface area contributed by atoms with Gasteiger partial charge in [0.2, 0.25) is 11.8 Å². The fourth-order valence-corrected chi connectivity index (χ4v) is 3.39. The van der Waals surface area contributed by atoms with E-state index in [1.807, 2.05) is 19.2 Å². The first-order valence-corrected chi connectivity index (χ1v) is 8.42. The normalized spacial score (nSPS) is 22.0. The molecule has 1 saturated carbocycles. The molecule has 134 valence electrons. The number of ether oxygens (including phenoxy) is 1. The SMILES string of the molecule is C=C(C(=O)NC)C1CC(C)(Oc2nc(-c3cn[nH]c3)cn3nccc23)C1. The van der Waals surface area contributed by atoms with Crippen molar-refractivity contribution in [3.05, 3.63) is 43.0 Å². The van der Waals surface area contributed by atoms with Gasteiger partial charge in [-0.25, -0.2) is 9.50 Å². The van der Waals surface area contributed by atoms with Crippen LogP contribution in [0.15, 0.2) is 43.0 Å². The van der Waals surface area contributed by atoms with Crippen molar-refractivity contribution in [1.29, 1.82) is 0 Å². The van der Waals surface area contributed by atoms with E-state index >= 15 is 0 Å². The van der Waals surface area contributed by atoms with Crippen LogP contribution in [-0.2, 0) is 4.79 Å². The number of hydrogen-bond acceptors (Lipinski definition) is 5. The zero-order valence-corrected chi connectivity index (χ0v) is 14.7. The summed E-state index contributed by atoms with van der Waals surface area (Å²) >= 11 is 0. The number of likely N-dealkylation sites (N-methyl/N-ethyl adjacent to an activating group) is 1. The molecule has 0 atom stereocenters. The average Bonchev–Trinajstić information content (AvgIpc) is 3.29. The minimum atomic E-state index is -0.394. The van der Waals surface area contributed by atoms with Crippen LogP contribution in [0.3, 0.4) is 0 Å². The van der Waals surface area contributed by atoms with E-state index in [0.29, 0.717) is 11.5 Å². The van der Waals surface area contributed by atoms with Crippen molar-refractivity contribution in [3.8, 4) is 17.1 Å². The number of carbonyl (C=O) groups excluding carboxylic acids is 1. The molecule has 26 heavy (non-hydrogen) atoms. The molecule has 3 heterocycles. The van der Waals surface area contributed by atoms with E-state index in [1.165, 1.54) is 0 Å². The van der Waals surface area contributed by atoms with Crippen LogP contribution in [0.4, 0.5) is 0 Å². The van der Waals surface area contributed by atoms with Gasteiger partial charge in [0, 0.05) is 24.4 Å². The number of nitrogens with one attached hydrogen (secondary N) is 2. The highest BCUT2D eigenvalue weighted by molar-refractivity contribution is 5.93. The molecule has 0 saturated heterocycles. The summed E-state index contributed by atoms with van der Waals surface area (Å²) in [6.07, 6.45) is 8.47. The second kappa shape index (κ2) is 5.98. The summed E-state index contributed by atoms with van der Waals surface area (Å²) in [4.78, 5) is 16.4. The number of nitrogens with zero attached hydrogens (tertiary/aromatic N) is 4. The number of rotatable bonds is 5. The highest BCUT2D eigenvalue weighted by Crippen LogP contribution is 2.44. The van der Waals surface area contributed by atoms with Crippen molar-refractivity contribution < 1.29 is 9.53 Å². The molecular weight excluding hydrogens is 332 g/mol. The maximum atomic E-state index is 11.7. The molecule has 0 radical (unpaired) electrons. The van der Waals surface area contributed by atoms with Crippen LogP contribution in [-0.4, -0.2) is 43.4 Å². The number of aromatic nitrogens is 5. The number of amides is 1. The minimum Gasteiger partial charge on any atom is -0.470 e. The number of H-pyrrole nitrogens is 1.